The standard InChI is InChI=1S/C15H13NO4/c1-20-15(19)13-7-3-6-12(16-13)11-5-2-4-10(8-11)9-14(17)18/h2-8H,9H2,1H3,(H,17,18). The van der Waals surface area contributed by atoms with E-state index in [9.17, 15) is 9.59 Å². The number of carboxylic acids is 1. The highest BCUT2D eigenvalue weighted by atomic mass is 16.5. The van der Waals surface area contributed by atoms with Crippen molar-refractivity contribution >= 4 is 11.9 Å². The summed E-state index contributed by atoms with van der Waals surface area (Å²) in [6.07, 6.45) is -0.0511. The Balaban J connectivity index is 2.36. The van der Waals surface area contributed by atoms with E-state index in [4.69, 9.17) is 5.11 Å². The number of nitrogens with zero attached hydrogens (tertiary/aromatic N) is 1. The summed E-state index contributed by atoms with van der Waals surface area (Å²) in [5.41, 5.74) is 2.25. The number of aliphatic carboxylic acids is 1. The third-order valence-corrected chi connectivity index (χ3v) is 2.72. The Labute approximate surface area is 115 Å². The van der Waals surface area contributed by atoms with Crippen molar-refractivity contribution in [2.45, 2.75) is 6.42 Å². The number of aromatic nitrogens is 1. The van der Waals surface area contributed by atoms with Gasteiger partial charge in [0.15, 0.2) is 0 Å². The minimum absolute atomic E-state index is 0.0511. The highest BCUT2D eigenvalue weighted by Gasteiger charge is 2.09. The van der Waals surface area contributed by atoms with Gasteiger partial charge in [0.1, 0.15) is 5.69 Å². The van der Waals surface area contributed by atoms with E-state index in [1.807, 2.05) is 6.07 Å². The van der Waals surface area contributed by atoms with Gasteiger partial charge in [-0.1, -0.05) is 24.3 Å². The zero-order valence-electron chi connectivity index (χ0n) is 10.9. The molecule has 0 radical (unpaired) electrons. The topological polar surface area (TPSA) is 76.5 Å². The van der Waals surface area contributed by atoms with E-state index in [-0.39, 0.29) is 12.1 Å². The second-order valence-corrected chi connectivity index (χ2v) is 4.17. The number of benzene rings is 1. The lowest BCUT2D eigenvalue weighted by molar-refractivity contribution is -0.136. The molecule has 0 amide bonds. The lowest BCUT2D eigenvalue weighted by Crippen LogP contribution is -2.04. The van der Waals surface area contributed by atoms with Crippen LogP contribution in [0.1, 0.15) is 16.1 Å². The number of hydrogen-bond acceptors (Lipinski definition) is 4. The molecular weight excluding hydrogens is 258 g/mol. The zero-order valence-corrected chi connectivity index (χ0v) is 10.9. The predicted molar refractivity (Wildman–Crippen MR) is 72.4 cm³/mol. The SMILES string of the molecule is COC(=O)c1cccc(-c2cccc(CC(=O)O)c2)n1. The van der Waals surface area contributed by atoms with Gasteiger partial charge in [-0.25, -0.2) is 9.78 Å². The third-order valence-electron chi connectivity index (χ3n) is 2.72. The molecule has 0 fully saturated rings. The number of methoxy groups -OCH3 is 1. The highest BCUT2D eigenvalue weighted by molar-refractivity contribution is 5.87. The maximum atomic E-state index is 11.4. The van der Waals surface area contributed by atoms with Crippen LogP contribution in [0.4, 0.5) is 0 Å². The van der Waals surface area contributed by atoms with Crippen molar-refractivity contribution in [3.63, 3.8) is 0 Å². The van der Waals surface area contributed by atoms with Gasteiger partial charge in [-0.05, 0) is 23.8 Å². The van der Waals surface area contributed by atoms with Crippen molar-refractivity contribution in [1.29, 1.82) is 0 Å². The lowest BCUT2D eigenvalue weighted by atomic mass is 10.1. The van der Waals surface area contributed by atoms with E-state index in [0.29, 0.717) is 11.3 Å². The third kappa shape index (κ3) is 3.20. The molecule has 5 nitrogen and oxygen atoms in total. The molecule has 1 aromatic carbocycles. The first-order valence-electron chi connectivity index (χ1n) is 5.96. The normalized spacial score (nSPS) is 10.1. The number of ether oxygens (including phenoxy) is 1. The number of carbonyl (C=O) groups excluding carboxylic acids is 1. The summed E-state index contributed by atoms with van der Waals surface area (Å²) in [7, 11) is 1.30. The summed E-state index contributed by atoms with van der Waals surface area (Å²) in [5.74, 6) is -1.40. The first-order valence-corrected chi connectivity index (χ1v) is 5.96. The van der Waals surface area contributed by atoms with Crippen LogP contribution in [0, 0.1) is 0 Å². The molecule has 2 aromatic rings. The van der Waals surface area contributed by atoms with Crippen LogP contribution in [0.15, 0.2) is 42.5 Å². The van der Waals surface area contributed by atoms with Crippen LogP contribution in [0.2, 0.25) is 0 Å². The molecule has 0 saturated heterocycles. The molecule has 1 heterocycles. The molecule has 0 bridgehead atoms. The van der Waals surface area contributed by atoms with Crippen molar-refractivity contribution in [3.8, 4) is 11.3 Å². The van der Waals surface area contributed by atoms with Crippen LogP contribution in [0.5, 0.6) is 0 Å². The molecule has 102 valence electrons. The number of pyridine rings is 1. The summed E-state index contributed by atoms with van der Waals surface area (Å²) >= 11 is 0. The quantitative estimate of drug-likeness (QED) is 0.862. The maximum absolute atomic E-state index is 11.4. The molecule has 0 atom stereocenters. The fourth-order valence-corrected chi connectivity index (χ4v) is 1.83. The first kappa shape index (κ1) is 13.7. The summed E-state index contributed by atoms with van der Waals surface area (Å²) in [6.45, 7) is 0. The number of rotatable bonds is 4. The van der Waals surface area contributed by atoms with Gasteiger partial charge in [0, 0.05) is 5.56 Å². The molecule has 0 aliphatic heterocycles. The van der Waals surface area contributed by atoms with Crippen LogP contribution in [0.25, 0.3) is 11.3 Å². The molecule has 0 unspecified atom stereocenters. The van der Waals surface area contributed by atoms with E-state index in [1.165, 1.54) is 7.11 Å². The fraction of sp³-hybridized carbons (Fsp3) is 0.133. The molecule has 1 N–H and O–H groups in total. The van der Waals surface area contributed by atoms with Gasteiger partial charge in [0.05, 0.1) is 19.2 Å². The van der Waals surface area contributed by atoms with E-state index in [0.717, 1.165) is 5.56 Å². The Hall–Kier alpha value is -2.69. The highest BCUT2D eigenvalue weighted by Crippen LogP contribution is 2.19. The molecule has 0 aliphatic carbocycles. The van der Waals surface area contributed by atoms with Crippen molar-refractivity contribution < 1.29 is 19.4 Å². The molecule has 1 aromatic heterocycles. The average molecular weight is 271 g/mol. The smallest absolute Gasteiger partial charge is 0.356 e. The Morgan fingerprint density at radius 2 is 1.95 bits per heavy atom. The second-order valence-electron chi connectivity index (χ2n) is 4.17. The first-order chi connectivity index (χ1) is 9.60. The van der Waals surface area contributed by atoms with Crippen LogP contribution in [-0.4, -0.2) is 29.1 Å². The summed E-state index contributed by atoms with van der Waals surface area (Å²) in [6, 6.07) is 12.1. The van der Waals surface area contributed by atoms with Gasteiger partial charge in [0.2, 0.25) is 0 Å². The molecule has 0 aliphatic rings. The Morgan fingerprint density at radius 1 is 1.20 bits per heavy atom. The Morgan fingerprint density at radius 3 is 2.65 bits per heavy atom. The van der Waals surface area contributed by atoms with Crippen LogP contribution < -0.4 is 0 Å². The van der Waals surface area contributed by atoms with E-state index >= 15 is 0 Å². The van der Waals surface area contributed by atoms with Crippen LogP contribution in [-0.2, 0) is 16.0 Å². The van der Waals surface area contributed by atoms with Crippen molar-refractivity contribution in [2.75, 3.05) is 7.11 Å². The van der Waals surface area contributed by atoms with Crippen molar-refractivity contribution in [1.82, 2.24) is 4.98 Å². The van der Waals surface area contributed by atoms with Crippen molar-refractivity contribution in [2.24, 2.45) is 0 Å². The van der Waals surface area contributed by atoms with Gasteiger partial charge in [-0.2, -0.15) is 0 Å². The van der Waals surface area contributed by atoms with Gasteiger partial charge < -0.3 is 9.84 Å². The minimum Gasteiger partial charge on any atom is -0.481 e. The molecule has 0 saturated carbocycles. The monoisotopic (exact) mass is 271 g/mol. The van der Waals surface area contributed by atoms with Gasteiger partial charge in [0.25, 0.3) is 0 Å². The number of carbonyl (C=O) groups is 2. The Bertz CT molecular complexity index is 652. The number of esters is 1. The molecule has 0 spiro atoms. The summed E-state index contributed by atoms with van der Waals surface area (Å²) in [4.78, 5) is 26.4. The van der Waals surface area contributed by atoms with Crippen LogP contribution in [0.3, 0.4) is 0 Å². The second kappa shape index (κ2) is 5.97. The lowest BCUT2D eigenvalue weighted by Gasteiger charge is -2.05. The van der Waals surface area contributed by atoms with E-state index < -0.39 is 11.9 Å². The Kier molecular flexibility index (Phi) is 4.10. The summed E-state index contributed by atoms with van der Waals surface area (Å²) < 4.78 is 4.62. The molecular formula is C15H13NO4. The minimum atomic E-state index is -0.890. The number of hydrogen-bond donors (Lipinski definition) is 1. The number of carboxylic acid groups (broad SMARTS) is 1. The van der Waals surface area contributed by atoms with Crippen molar-refractivity contribution in [3.05, 3.63) is 53.7 Å². The predicted octanol–water partition coefficient (Wildman–Crippen LogP) is 2.16. The summed E-state index contributed by atoms with van der Waals surface area (Å²) in [5, 5.41) is 8.80. The fourth-order valence-electron chi connectivity index (χ4n) is 1.83. The average Bonchev–Trinajstić information content (AvgIpc) is 2.46. The van der Waals surface area contributed by atoms with Crippen LogP contribution >= 0.6 is 0 Å². The van der Waals surface area contributed by atoms with Gasteiger partial charge in [-0.15, -0.1) is 0 Å². The molecule has 5 heteroatoms. The van der Waals surface area contributed by atoms with E-state index in [2.05, 4.69) is 9.72 Å². The van der Waals surface area contributed by atoms with E-state index in [1.54, 1.807) is 36.4 Å². The molecule has 20 heavy (non-hydrogen) atoms. The zero-order chi connectivity index (χ0) is 14.5. The largest absolute Gasteiger partial charge is 0.481 e. The maximum Gasteiger partial charge on any atom is 0.356 e. The van der Waals surface area contributed by atoms with Gasteiger partial charge >= 0.3 is 11.9 Å². The molecule has 2 rings (SSSR count). The van der Waals surface area contributed by atoms with Gasteiger partial charge in [-0.3, -0.25) is 4.79 Å².